The quantitative estimate of drug-likeness (QED) is 0.415. The molecule has 7 heteroatoms. The van der Waals surface area contributed by atoms with Crippen LogP contribution in [0.2, 0.25) is 0 Å². The van der Waals surface area contributed by atoms with Crippen LogP contribution in [0.4, 0.5) is 11.5 Å². The number of para-hydroxylation sites is 1. The van der Waals surface area contributed by atoms with Gasteiger partial charge in [0.1, 0.15) is 11.6 Å². The summed E-state index contributed by atoms with van der Waals surface area (Å²) in [7, 11) is 1.69. The van der Waals surface area contributed by atoms with Crippen LogP contribution in [-0.4, -0.2) is 52.7 Å². The van der Waals surface area contributed by atoms with E-state index in [1.807, 2.05) is 71.4 Å². The van der Waals surface area contributed by atoms with E-state index in [-0.39, 0.29) is 11.6 Å². The summed E-state index contributed by atoms with van der Waals surface area (Å²) in [5.41, 5.74) is 1.87. The fourth-order valence-corrected chi connectivity index (χ4v) is 4.67. The zero-order valence-corrected chi connectivity index (χ0v) is 19.4. The Labute approximate surface area is 199 Å². The molecule has 0 atom stereocenters. The number of rotatable bonds is 7. The normalized spacial score (nSPS) is 14.9. The summed E-state index contributed by atoms with van der Waals surface area (Å²) in [6.45, 7) is 3.61. The summed E-state index contributed by atoms with van der Waals surface area (Å²) < 4.78 is 7.26. The first-order valence-corrected chi connectivity index (χ1v) is 11.7. The van der Waals surface area contributed by atoms with Crippen LogP contribution in [0.5, 0.6) is 5.75 Å². The standard InChI is InChI=1S/C27H29N5O2/c1-34-23-8-6-7-22(19-23)31(26-11-4-5-14-28-26)18-17-30-15-12-21(13-16-30)32-20-29-25-10-3-2-9-24(25)27(32)33/h2-11,14,19-21H,12-13,15-18H2,1H3. The molecule has 174 valence electrons. The second-order valence-corrected chi connectivity index (χ2v) is 8.59. The van der Waals surface area contributed by atoms with Gasteiger partial charge >= 0.3 is 0 Å². The van der Waals surface area contributed by atoms with Crippen LogP contribution in [0, 0.1) is 0 Å². The maximum Gasteiger partial charge on any atom is 0.261 e. The van der Waals surface area contributed by atoms with Gasteiger partial charge in [0.25, 0.3) is 5.56 Å². The van der Waals surface area contributed by atoms with Gasteiger partial charge in [0, 0.05) is 50.2 Å². The van der Waals surface area contributed by atoms with Crippen LogP contribution < -0.4 is 15.2 Å². The van der Waals surface area contributed by atoms with Gasteiger partial charge in [0.15, 0.2) is 0 Å². The number of nitrogens with zero attached hydrogens (tertiary/aromatic N) is 5. The molecule has 4 aromatic rings. The molecule has 0 unspecified atom stereocenters. The predicted octanol–water partition coefficient (Wildman–Crippen LogP) is 4.28. The van der Waals surface area contributed by atoms with Crippen molar-refractivity contribution in [3.63, 3.8) is 0 Å². The molecule has 0 N–H and O–H groups in total. The molecular weight excluding hydrogens is 426 g/mol. The van der Waals surface area contributed by atoms with Gasteiger partial charge < -0.3 is 14.5 Å². The van der Waals surface area contributed by atoms with Crippen LogP contribution >= 0.6 is 0 Å². The zero-order valence-electron chi connectivity index (χ0n) is 19.4. The second-order valence-electron chi connectivity index (χ2n) is 8.59. The molecule has 5 rings (SSSR count). The Morgan fingerprint density at radius 2 is 1.82 bits per heavy atom. The van der Waals surface area contributed by atoms with Crippen LogP contribution in [0.15, 0.2) is 84.0 Å². The second kappa shape index (κ2) is 10.1. The van der Waals surface area contributed by atoms with E-state index in [1.54, 1.807) is 13.4 Å². The van der Waals surface area contributed by atoms with E-state index < -0.39 is 0 Å². The number of fused-ring (bicyclic) bond motifs is 1. The smallest absolute Gasteiger partial charge is 0.261 e. The lowest BCUT2D eigenvalue weighted by Gasteiger charge is -2.34. The summed E-state index contributed by atoms with van der Waals surface area (Å²) in [4.78, 5) is 26.8. The Kier molecular flexibility index (Phi) is 6.53. The molecule has 2 aromatic heterocycles. The molecular formula is C27H29N5O2. The molecule has 3 heterocycles. The molecule has 0 spiro atoms. The van der Waals surface area contributed by atoms with Crippen LogP contribution in [0.25, 0.3) is 10.9 Å². The molecule has 1 aliphatic heterocycles. The van der Waals surface area contributed by atoms with Crippen molar-refractivity contribution in [1.29, 1.82) is 0 Å². The van der Waals surface area contributed by atoms with Gasteiger partial charge in [0.2, 0.25) is 0 Å². The number of anilines is 2. The predicted molar refractivity (Wildman–Crippen MR) is 135 cm³/mol. The minimum absolute atomic E-state index is 0.0587. The van der Waals surface area contributed by atoms with E-state index in [9.17, 15) is 4.79 Å². The third kappa shape index (κ3) is 4.65. The third-order valence-electron chi connectivity index (χ3n) is 6.57. The highest BCUT2D eigenvalue weighted by Gasteiger charge is 2.23. The van der Waals surface area contributed by atoms with Gasteiger partial charge in [-0.2, -0.15) is 0 Å². The number of hydrogen-bond donors (Lipinski definition) is 0. The third-order valence-corrected chi connectivity index (χ3v) is 6.57. The summed E-state index contributed by atoms with van der Waals surface area (Å²) >= 11 is 0. The van der Waals surface area contributed by atoms with Crippen LogP contribution in [-0.2, 0) is 0 Å². The fourth-order valence-electron chi connectivity index (χ4n) is 4.67. The molecule has 2 aromatic carbocycles. The van der Waals surface area contributed by atoms with Gasteiger partial charge in [0.05, 0.1) is 24.3 Å². The topological polar surface area (TPSA) is 63.5 Å². The van der Waals surface area contributed by atoms with E-state index in [2.05, 4.69) is 25.8 Å². The molecule has 0 aliphatic carbocycles. The SMILES string of the molecule is COc1cccc(N(CCN2CCC(n3cnc4ccccc4c3=O)CC2)c2ccccn2)c1. The number of pyridine rings is 1. The number of ether oxygens (including phenoxy) is 1. The lowest BCUT2D eigenvalue weighted by molar-refractivity contribution is 0.188. The number of aromatic nitrogens is 3. The summed E-state index contributed by atoms with van der Waals surface area (Å²) in [6, 6.07) is 21.8. The number of benzene rings is 2. The van der Waals surface area contributed by atoms with E-state index in [1.165, 1.54) is 0 Å². The first-order chi connectivity index (χ1) is 16.7. The van der Waals surface area contributed by atoms with Gasteiger partial charge in [-0.3, -0.25) is 9.36 Å². The zero-order chi connectivity index (χ0) is 23.3. The monoisotopic (exact) mass is 455 g/mol. The molecule has 7 nitrogen and oxygen atoms in total. The van der Waals surface area contributed by atoms with Gasteiger partial charge in [-0.15, -0.1) is 0 Å². The van der Waals surface area contributed by atoms with E-state index in [0.717, 1.165) is 61.8 Å². The summed E-state index contributed by atoms with van der Waals surface area (Å²) in [5, 5.41) is 0.691. The number of methoxy groups -OCH3 is 1. The lowest BCUT2D eigenvalue weighted by atomic mass is 10.0. The highest BCUT2D eigenvalue weighted by Crippen LogP contribution is 2.27. The fraction of sp³-hybridized carbons (Fsp3) is 0.296. The van der Waals surface area contributed by atoms with Crippen molar-refractivity contribution < 1.29 is 4.74 Å². The van der Waals surface area contributed by atoms with Crippen molar-refractivity contribution in [3.8, 4) is 5.75 Å². The molecule has 34 heavy (non-hydrogen) atoms. The Balaban J connectivity index is 1.26. The van der Waals surface area contributed by atoms with Gasteiger partial charge in [-0.1, -0.05) is 24.3 Å². The molecule has 0 bridgehead atoms. The van der Waals surface area contributed by atoms with E-state index >= 15 is 0 Å². The van der Waals surface area contributed by atoms with Gasteiger partial charge in [-0.25, -0.2) is 9.97 Å². The number of hydrogen-bond acceptors (Lipinski definition) is 6. The van der Waals surface area contributed by atoms with Crippen molar-refractivity contribution in [1.82, 2.24) is 19.4 Å². The first kappa shape index (κ1) is 22.1. The molecule has 0 amide bonds. The number of piperidine rings is 1. The highest BCUT2D eigenvalue weighted by atomic mass is 16.5. The number of likely N-dealkylation sites (tertiary alicyclic amines) is 1. The van der Waals surface area contributed by atoms with Crippen molar-refractivity contribution in [2.75, 3.05) is 38.2 Å². The van der Waals surface area contributed by atoms with Gasteiger partial charge in [-0.05, 0) is 49.2 Å². The first-order valence-electron chi connectivity index (χ1n) is 11.7. The Morgan fingerprint density at radius 1 is 1.00 bits per heavy atom. The minimum atomic E-state index is 0.0587. The van der Waals surface area contributed by atoms with Crippen LogP contribution in [0.1, 0.15) is 18.9 Å². The Bertz CT molecular complexity index is 1300. The van der Waals surface area contributed by atoms with Crippen molar-refractivity contribution in [2.24, 2.45) is 0 Å². The average Bonchev–Trinajstić information content (AvgIpc) is 2.90. The average molecular weight is 456 g/mol. The molecule has 1 saturated heterocycles. The summed E-state index contributed by atoms with van der Waals surface area (Å²) in [6.07, 6.45) is 5.41. The maximum atomic E-state index is 13.0. The lowest BCUT2D eigenvalue weighted by Crippen LogP contribution is -2.40. The van der Waals surface area contributed by atoms with Crippen molar-refractivity contribution in [2.45, 2.75) is 18.9 Å². The highest BCUT2D eigenvalue weighted by molar-refractivity contribution is 5.76. The molecule has 0 saturated carbocycles. The molecule has 1 aliphatic rings. The van der Waals surface area contributed by atoms with E-state index in [4.69, 9.17) is 4.74 Å². The Hall–Kier alpha value is -3.71. The van der Waals surface area contributed by atoms with E-state index in [0.29, 0.717) is 5.39 Å². The van der Waals surface area contributed by atoms with Crippen LogP contribution in [0.3, 0.4) is 0 Å². The van der Waals surface area contributed by atoms with Crippen molar-refractivity contribution >= 4 is 22.4 Å². The summed E-state index contributed by atoms with van der Waals surface area (Å²) in [5.74, 6) is 1.74. The minimum Gasteiger partial charge on any atom is -0.497 e. The largest absolute Gasteiger partial charge is 0.497 e. The molecule has 0 radical (unpaired) electrons. The Morgan fingerprint density at radius 3 is 2.62 bits per heavy atom. The molecule has 1 fully saturated rings. The van der Waals surface area contributed by atoms with Crippen molar-refractivity contribution in [3.05, 3.63) is 89.6 Å². The maximum absolute atomic E-state index is 13.0.